The van der Waals surface area contributed by atoms with Crippen molar-refractivity contribution in [3.8, 4) is 0 Å². The first-order valence-corrected chi connectivity index (χ1v) is 5.36. The molecule has 0 unspecified atom stereocenters. The van der Waals surface area contributed by atoms with Crippen LogP contribution < -0.4 is 5.32 Å². The average molecular weight is 278 g/mol. The SMILES string of the molecule is OC[C@@H](O)CNCc1cc(F)ccc1Br. The van der Waals surface area contributed by atoms with Gasteiger partial charge in [0.15, 0.2) is 0 Å². The summed E-state index contributed by atoms with van der Waals surface area (Å²) in [7, 11) is 0. The molecule has 0 aliphatic carbocycles. The van der Waals surface area contributed by atoms with Gasteiger partial charge in [-0.3, -0.25) is 0 Å². The topological polar surface area (TPSA) is 52.5 Å². The molecule has 1 aromatic rings. The molecule has 3 N–H and O–H groups in total. The highest BCUT2D eigenvalue weighted by molar-refractivity contribution is 9.10. The van der Waals surface area contributed by atoms with E-state index >= 15 is 0 Å². The van der Waals surface area contributed by atoms with Gasteiger partial charge in [-0.25, -0.2) is 4.39 Å². The van der Waals surface area contributed by atoms with Crippen molar-refractivity contribution in [1.29, 1.82) is 0 Å². The van der Waals surface area contributed by atoms with Crippen molar-refractivity contribution < 1.29 is 14.6 Å². The van der Waals surface area contributed by atoms with E-state index in [0.717, 1.165) is 10.0 Å². The van der Waals surface area contributed by atoms with Crippen LogP contribution in [0.5, 0.6) is 0 Å². The van der Waals surface area contributed by atoms with Gasteiger partial charge in [0.25, 0.3) is 0 Å². The van der Waals surface area contributed by atoms with E-state index in [1.165, 1.54) is 12.1 Å². The molecule has 0 saturated heterocycles. The van der Waals surface area contributed by atoms with Crippen LogP contribution in [-0.2, 0) is 6.54 Å². The van der Waals surface area contributed by atoms with E-state index in [4.69, 9.17) is 10.2 Å². The van der Waals surface area contributed by atoms with Crippen molar-refractivity contribution in [1.82, 2.24) is 5.32 Å². The van der Waals surface area contributed by atoms with E-state index in [0.29, 0.717) is 6.54 Å². The van der Waals surface area contributed by atoms with Crippen LogP contribution >= 0.6 is 15.9 Å². The third-order valence-corrected chi connectivity index (χ3v) is 2.69. The van der Waals surface area contributed by atoms with Crippen LogP contribution in [0, 0.1) is 5.82 Å². The first-order chi connectivity index (χ1) is 7.13. The molecule has 15 heavy (non-hydrogen) atoms. The Morgan fingerprint density at radius 3 is 2.87 bits per heavy atom. The fraction of sp³-hybridized carbons (Fsp3) is 0.400. The van der Waals surface area contributed by atoms with Gasteiger partial charge in [-0.2, -0.15) is 0 Å². The minimum Gasteiger partial charge on any atom is -0.394 e. The second-order valence-electron chi connectivity index (χ2n) is 3.20. The number of hydrogen-bond acceptors (Lipinski definition) is 3. The van der Waals surface area contributed by atoms with Crippen LogP contribution in [0.15, 0.2) is 22.7 Å². The molecule has 0 fully saturated rings. The third kappa shape index (κ3) is 4.25. The highest BCUT2D eigenvalue weighted by Crippen LogP contribution is 2.17. The van der Waals surface area contributed by atoms with Crippen molar-refractivity contribution in [2.24, 2.45) is 0 Å². The Morgan fingerprint density at radius 1 is 1.47 bits per heavy atom. The number of benzene rings is 1. The molecule has 0 radical (unpaired) electrons. The first-order valence-electron chi connectivity index (χ1n) is 4.57. The van der Waals surface area contributed by atoms with Gasteiger partial charge in [0.2, 0.25) is 0 Å². The molecule has 0 amide bonds. The van der Waals surface area contributed by atoms with Crippen molar-refractivity contribution in [2.75, 3.05) is 13.2 Å². The lowest BCUT2D eigenvalue weighted by Gasteiger charge is -2.10. The minimum atomic E-state index is -0.780. The van der Waals surface area contributed by atoms with Gasteiger partial charge in [-0.15, -0.1) is 0 Å². The molecule has 1 rings (SSSR count). The number of aliphatic hydroxyl groups is 2. The molecule has 0 spiro atoms. The van der Waals surface area contributed by atoms with E-state index in [-0.39, 0.29) is 19.0 Å². The van der Waals surface area contributed by atoms with Crippen molar-refractivity contribution in [2.45, 2.75) is 12.6 Å². The van der Waals surface area contributed by atoms with Crippen LogP contribution in [0.2, 0.25) is 0 Å². The summed E-state index contributed by atoms with van der Waals surface area (Å²) in [5.41, 5.74) is 0.778. The Balaban J connectivity index is 2.46. The summed E-state index contributed by atoms with van der Waals surface area (Å²) in [5, 5.41) is 20.5. The van der Waals surface area contributed by atoms with Gasteiger partial charge in [0, 0.05) is 17.6 Å². The van der Waals surface area contributed by atoms with Crippen molar-refractivity contribution >= 4 is 15.9 Å². The molecule has 0 bridgehead atoms. The molecule has 0 aromatic heterocycles. The van der Waals surface area contributed by atoms with E-state index in [2.05, 4.69) is 21.2 Å². The summed E-state index contributed by atoms with van der Waals surface area (Å²) in [6.07, 6.45) is -0.780. The molecule has 0 aliphatic rings. The zero-order chi connectivity index (χ0) is 11.3. The summed E-state index contributed by atoms with van der Waals surface area (Å²) in [5.74, 6) is -0.294. The number of aliphatic hydroxyl groups excluding tert-OH is 2. The van der Waals surface area contributed by atoms with Crippen LogP contribution in [0.25, 0.3) is 0 Å². The Labute approximate surface area is 96.1 Å². The maximum atomic E-state index is 12.9. The number of nitrogens with one attached hydrogen (secondary N) is 1. The summed E-state index contributed by atoms with van der Waals surface area (Å²) < 4.78 is 13.7. The molecule has 0 heterocycles. The van der Waals surface area contributed by atoms with Crippen LogP contribution in [-0.4, -0.2) is 29.5 Å². The fourth-order valence-electron chi connectivity index (χ4n) is 1.12. The predicted octanol–water partition coefficient (Wildman–Crippen LogP) is 1.03. The molecule has 3 nitrogen and oxygen atoms in total. The predicted molar refractivity (Wildman–Crippen MR) is 58.9 cm³/mol. The Bertz CT molecular complexity index is 322. The van der Waals surface area contributed by atoms with E-state index < -0.39 is 6.10 Å². The Morgan fingerprint density at radius 2 is 2.20 bits per heavy atom. The van der Waals surface area contributed by atoms with Crippen LogP contribution in [0.3, 0.4) is 0 Å². The lowest BCUT2D eigenvalue weighted by atomic mass is 10.2. The summed E-state index contributed by atoms with van der Waals surface area (Å²) in [4.78, 5) is 0. The van der Waals surface area contributed by atoms with Gasteiger partial charge in [-0.1, -0.05) is 15.9 Å². The first kappa shape index (κ1) is 12.6. The van der Waals surface area contributed by atoms with E-state index in [1.807, 2.05) is 0 Å². The van der Waals surface area contributed by atoms with E-state index in [1.54, 1.807) is 6.07 Å². The number of rotatable bonds is 5. The summed E-state index contributed by atoms with van der Waals surface area (Å²) in [6, 6.07) is 4.42. The maximum Gasteiger partial charge on any atom is 0.123 e. The van der Waals surface area contributed by atoms with Gasteiger partial charge in [-0.05, 0) is 23.8 Å². The van der Waals surface area contributed by atoms with E-state index in [9.17, 15) is 4.39 Å². The lowest BCUT2D eigenvalue weighted by molar-refractivity contribution is 0.0942. The number of halogens is 2. The van der Waals surface area contributed by atoms with Gasteiger partial charge < -0.3 is 15.5 Å². The van der Waals surface area contributed by atoms with Crippen molar-refractivity contribution in [3.05, 3.63) is 34.1 Å². The largest absolute Gasteiger partial charge is 0.394 e. The Hall–Kier alpha value is -0.490. The second kappa shape index (κ2) is 6.17. The maximum absolute atomic E-state index is 12.9. The van der Waals surface area contributed by atoms with Gasteiger partial charge in [0.1, 0.15) is 5.82 Å². The number of hydrogen-bond donors (Lipinski definition) is 3. The fourth-order valence-corrected chi connectivity index (χ4v) is 1.50. The lowest BCUT2D eigenvalue weighted by Crippen LogP contribution is -2.29. The molecular formula is C10H13BrFNO2. The normalized spacial score (nSPS) is 12.8. The smallest absolute Gasteiger partial charge is 0.123 e. The zero-order valence-corrected chi connectivity index (χ0v) is 9.67. The minimum absolute atomic E-state index is 0.277. The summed E-state index contributed by atoms with van der Waals surface area (Å²) >= 11 is 3.30. The zero-order valence-electron chi connectivity index (χ0n) is 8.08. The van der Waals surface area contributed by atoms with Crippen LogP contribution in [0.4, 0.5) is 4.39 Å². The molecule has 0 saturated carbocycles. The molecule has 84 valence electrons. The Kier molecular flexibility index (Phi) is 5.17. The van der Waals surface area contributed by atoms with Gasteiger partial charge in [0.05, 0.1) is 12.7 Å². The molecule has 1 aromatic carbocycles. The highest BCUT2D eigenvalue weighted by Gasteiger charge is 2.04. The van der Waals surface area contributed by atoms with Crippen LogP contribution in [0.1, 0.15) is 5.56 Å². The second-order valence-corrected chi connectivity index (χ2v) is 4.06. The highest BCUT2D eigenvalue weighted by atomic mass is 79.9. The van der Waals surface area contributed by atoms with Crippen molar-refractivity contribution in [3.63, 3.8) is 0 Å². The quantitative estimate of drug-likeness (QED) is 0.754. The standard InChI is InChI=1S/C10H13BrFNO2/c11-10-2-1-8(12)3-7(10)4-13-5-9(15)6-14/h1-3,9,13-15H,4-6H2/t9-/m0/s1. The summed E-state index contributed by atoms with van der Waals surface area (Å²) in [6.45, 7) is 0.437. The third-order valence-electron chi connectivity index (χ3n) is 1.91. The average Bonchev–Trinajstić information content (AvgIpc) is 2.23. The molecule has 1 atom stereocenters. The molecular weight excluding hydrogens is 265 g/mol. The van der Waals surface area contributed by atoms with Gasteiger partial charge >= 0.3 is 0 Å². The molecule has 0 aliphatic heterocycles. The molecule has 5 heteroatoms. The monoisotopic (exact) mass is 277 g/mol.